The average molecular weight is 544 g/mol. The number of sulfone groups is 1. The Kier molecular flexibility index (Phi) is 6.86. The van der Waals surface area contributed by atoms with Gasteiger partial charge in [-0.05, 0) is 36.0 Å². The highest BCUT2D eigenvalue weighted by molar-refractivity contribution is 7.91. The number of halogens is 5. The molecule has 3 aromatic rings. The van der Waals surface area contributed by atoms with Crippen molar-refractivity contribution in [1.82, 2.24) is 14.5 Å². The van der Waals surface area contributed by atoms with Crippen LogP contribution in [0.4, 0.5) is 22.0 Å². The fourth-order valence-corrected chi connectivity index (χ4v) is 4.68. The van der Waals surface area contributed by atoms with Gasteiger partial charge >= 0.3 is 12.1 Å². The Hall–Kier alpha value is -3.35. The molecule has 2 aromatic heterocycles. The van der Waals surface area contributed by atoms with E-state index in [4.69, 9.17) is 0 Å². The first kappa shape index (κ1) is 26.7. The van der Waals surface area contributed by atoms with Crippen LogP contribution in [-0.4, -0.2) is 47.4 Å². The lowest BCUT2D eigenvalue weighted by Gasteiger charge is -2.20. The van der Waals surface area contributed by atoms with Gasteiger partial charge in [-0.25, -0.2) is 13.4 Å². The van der Waals surface area contributed by atoms with Crippen molar-refractivity contribution in [2.75, 3.05) is 12.4 Å². The lowest BCUT2D eigenvalue weighted by atomic mass is 10.0. The first-order chi connectivity index (χ1) is 17.2. The van der Waals surface area contributed by atoms with Gasteiger partial charge in [0.2, 0.25) is 5.75 Å². The van der Waals surface area contributed by atoms with Crippen molar-refractivity contribution in [2.45, 2.75) is 42.7 Å². The monoisotopic (exact) mass is 543 g/mol. The molecule has 0 radical (unpaired) electrons. The Bertz CT molecular complexity index is 1480. The summed E-state index contributed by atoms with van der Waals surface area (Å²) >= 11 is 0. The first-order valence-electron chi connectivity index (χ1n) is 11.2. The molecule has 1 aliphatic rings. The summed E-state index contributed by atoms with van der Waals surface area (Å²) < 4.78 is 94.7. The lowest BCUT2D eigenvalue weighted by molar-refractivity contribution is -0.290. The van der Waals surface area contributed by atoms with Crippen LogP contribution in [0.2, 0.25) is 0 Å². The Morgan fingerprint density at radius 1 is 1.03 bits per heavy atom. The molecule has 0 spiro atoms. The van der Waals surface area contributed by atoms with Crippen LogP contribution in [0.5, 0.6) is 5.75 Å². The van der Waals surface area contributed by atoms with Crippen LogP contribution in [0.1, 0.15) is 31.2 Å². The molecule has 7 nitrogen and oxygen atoms in total. The van der Waals surface area contributed by atoms with E-state index in [1.165, 1.54) is 24.8 Å². The molecule has 0 N–H and O–H groups in total. The van der Waals surface area contributed by atoms with E-state index in [2.05, 4.69) is 14.7 Å². The van der Waals surface area contributed by atoms with Crippen LogP contribution in [0.3, 0.4) is 0 Å². The number of benzene rings is 1. The number of rotatable bonds is 8. The van der Waals surface area contributed by atoms with Crippen molar-refractivity contribution < 1.29 is 35.1 Å². The summed E-state index contributed by atoms with van der Waals surface area (Å²) in [4.78, 5) is 20.6. The fourth-order valence-electron chi connectivity index (χ4n) is 3.62. The van der Waals surface area contributed by atoms with Crippen LogP contribution < -0.4 is 10.3 Å². The third kappa shape index (κ3) is 5.36. The molecule has 0 saturated heterocycles. The smallest absolute Gasteiger partial charge is 0.456 e. The topological polar surface area (TPSA) is 91.2 Å². The third-order valence-electron chi connectivity index (χ3n) is 6.03. The maximum absolute atomic E-state index is 13.2. The molecular formula is C24H22F5N3O4S. The normalized spacial score (nSPS) is 14.6. The summed E-state index contributed by atoms with van der Waals surface area (Å²) in [6.45, 7) is -0.685. The number of nitrogens with zero attached hydrogens (tertiary/aromatic N) is 3. The zero-order chi connectivity index (χ0) is 27.2. The van der Waals surface area contributed by atoms with Gasteiger partial charge in [-0.2, -0.15) is 22.0 Å². The number of aromatic nitrogens is 3. The number of alkyl halides is 5. The Balaban J connectivity index is 1.72. The average Bonchev–Trinajstić information content (AvgIpc) is 3.70. The second-order valence-corrected chi connectivity index (χ2v) is 10.9. The van der Waals surface area contributed by atoms with Gasteiger partial charge in [0, 0.05) is 18.8 Å². The molecule has 1 saturated carbocycles. The highest BCUT2D eigenvalue weighted by atomic mass is 32.2. The van der Waals surface area contributed by atoms with E-state index >= 15 is 0 Å². The highest BCUT2D eigenvalue weighted by Gasteiger charge is 2.58. The number of hydrogen-bond acceptors (Lipinski definition) is 6. The van der Waals surface area contributed by atoms with Gasteiger partial charge in [-0.3, -0.25) is 14.3 Å². The molecular weight excluding hydrogens is 521 g/mol. The summed E-state index contributed by atoms with van der Waals surface area (Å²) in [7, 11) is -2.73. The van der Waals surface area contributed by atoms with E-state index in [0.717, 1.165) is 30.0 Å². The zero-order valence-corrected chi connectivity index (χ0v) is 20.5. The number of pyridine rings is 1. The number of ether oxygens (including phenoxy) is 1. The van der Waals surface area contributed by atoms with E-state index in [-0.39, 0.29) is 22.2 Å². The van der Waals surface area contributed by atoms with E-state index in [1.807, 2.05) is 24.3 Å². The summed E-state index contributed by atoms with van der Waals surface area (Å²) in [5.74, 6) is -6.02. The molecule has 0 unspecified atom stereocenters. The van der Waals surface area contributed by atoms with Gasteiger partial charge in [-0.15, -0.1) is 0 Å². The van der Waals surface area contributed by atoms with Crippen LogP contribution >= 0.6 is 0 Å². The second-order valence-electron chi connectivity index (χ2n) is 8.67. The summed E-state index contributed by atoms with van der Waals surface area (Å²) in [6, 6.07) is 9.09. The van der Waals surface area contributed by atoms with Crippen molar-refractivity contribution in [3.63, 3.8) is 0 Å². The molecule has 0 atom stereocenters. The molecule has 1 fully saturated rings. The first-order valence-corrected chi connectivity index (χ1v) is 12.9. The summed E-state index contributed by atoms with van der Waals surface area (Å²) in [6.07, 6.45) is -1.52. The maximum atomic E-state index is 13.2. The van der Waals surface area contributed by atoms with Gasteiger partial charge in [0.1, 0.15) is 5.69 Å². The standard InChI is InChI=1S/C24H22F5N3O4S/c1-3-37(34,35)19-10-17(16-8-6-15(7-9-16)14-4-5-14)11-30-20(19)21-31-12-18(22(33)32(21)2)36-13-23(25,26)24(27,28)29/h6-12,14H,3-5,13H2,1-2H3. The Labute approximate surface area is 208 Å². The SMILES string of the molecule is CCS(=O)(=O)c1cc(-c2ccc(C3CC3)cc2)cnc1-c1ncc(OCC(F)(F)C(F)(F)F)c(=O)n1C. The Morgan fingerprint density at radius 3 is 2.24 bits per heavy atom. The predicted molar refractivity (Wildman–Crippen MR) is 124 cm³/mol. The van der Waals surface area contributed by atoms with Crippen molar-refractivity contribution in [3.8, 4) is 28.4 Å². The summed E-state index contributed by atoms with van der Waals surface area (Å²) in [5.41, 5.74) is 1.17. The van der Waals surface area contributed by atoms with Gasteiger partial charge < -0.3 is 4.74 Å². The number of hydrogen-bond donors (Lipinski definition) is 0. The minimum Gasteiger partial charge on any atom is -0.480 e. The lowest BCUT2D eigenvalue weighted by Crippen LogP contribution is -2.42. The van der Waals surface area contributed by atoms with Gasteiger partial charge in [0.05, 0.1) is 16.8 Å². The van der Waals surface area contributed by atoms with Crippen LogP contribution in [0.15, 0.2) is 52.4 Å². The molecule has 2 heterocycles. The molecule has 37 heavy (non-hydrogen) atoms. The molecule has 0 bridgehead atoms. The molecule has 198 valence electrons. The fraction of sp³-hybridized carbons (Fsp3) is 0.375. The molecule has 4 rings (SSSR count). The predicted octanol–water partition coefficient (Wildman–Crippen LogP) is 4.76. The van der Waals surface area contributed by atoms with E-state index in [0.29, 0.717) is 17.7 Å². The van der Waals surface area contributed by atoms with Crippen LogP contribution in [0.25, 0.3) is 22.6 Å². The minimum absolute atomic E-state index is 0.174. The molecule has 0 aliphatic heterocycles. The van der Waals surface area contributed by atoms with Crippen LogP contribution in [0, 0.1) is 0 Å². The van der Waals surface area contributed by atoms with Crippen molar-refractivity contribution in [3.05, 3.63) is 58.6 Å². The van der Waals surface area contributed by atoms with E-state index in [1.54, 1.807) is 0 Å². The second kappa shape index (κ2) is 9.51. The van der Waals surface area contributed by atoms with Crippen molar-refractivity contribution >= 4 is 9.84 Å². The summed E-state index contributed by atoms with van der Waals surface area (Å²) in [5, 5.41) is 0. The van der Waals surface area contributed by atoms with Crippen molar-refractivity contribution in [2.24, 2.45) is 7.05 Å². The molecule has 1 aromatic carbocycles. The van der Waals surface area contributed by atoms with Crippen LogP contribution in [-0.2, 0) is 16.9 Å². The van der Waals surface area contributed by atoms with E-state index in [9.17, 15) is 35.2 Å². The van der Waals surface area contributed by atoms with E-state index < -0.39 is 39.9 Å². The molecule has 1 aliphatic carbocycles. The largest absolute Gasteiger partial charge is 0.480 e. The molecule has 0 amide bonds. The zero-order valence-electron chi connectivity index (χ0n) is 19.7. The van der Waals surface area contributed by atoms with Crippen molar-refractivity contribution in [1.29, 1.82) is 0 Å². The van der Waals surface area contributed by atoms with Gasteiger partial charge in [0.15, 0.2) is 22.3 Å². The van der Waals surface area contributed by atoms with Gasteiger partial charge in [-0.1, -0.05) is 31.2 Å². The van der Waals surface area contributed by atoms with Gasteiger partial charge in [0.25, 0.3) is 5.56 Å². The molecule has 13 heteroatoms. The third-order valence-corrected chi connectivity index (χ3v) is 7.77. The maximum Gasteiger partial charge on any atom is 0.456 e. The Morgan fingerprint density at radius 2 is 1.68 bits per heavy atom. The minimum atomic E-state index is -5.86. The quantitative estimate of drug-likeness (QED) is 0.381. The highest BCUT2D eigenvalue weighted by Crippen LogP contribution is 2.40.